The molecule has 0 radical (unpaired) electrons. The second-order valence-electron chi connectivity index (χ2n) is 7.77. The molecule has 0 spiro atoms. The molecule has 0 aromatic heterocycles. The minimum absolute atomic E-state index is 0.0783. The Morgan fingerprint density at radius 1 is 1.03 bits per heavy atom. The van der Waals surface area contributed by atoms with Crippen LogP contribution in [0.4, 0.5) is 0 Å². The first kappa shape index (κ1) is 22.1. The van der Waals surface area contributed by atoms with Gasteiger partial charge in [-0.3, -0.25) is 4.79 Å². The molecule has 3 rings (SSSR count). The first-order chi connectivity index (χ1) is 14.7. The first-order valence-corrected chi connectivity index (χ1v) is 11.0. The van der Waals surface area contributed by atoms with E-state index in [2.05, 4.69) is 60.5 Å². The van der Waals surface area contributed by atoms with Gasteiger partial charge in [0.1, 0.15) is 12.4 Å². The Labute approximate surface area is 180 Å². The standard InChI is InChI=1S/C26H33NO3/c1-3-29-26(28)17-5-4-10-18-27(2)19-11-15-23-22-13-7-6-12-21(22)20-30-25-16-9-8-14-24(23)25/h6-9,12-16H,3-5,10-11,17-20H2,1-2H3/b23-15-. The van der Waals surface area contributed by atoms with Gasteiger partial charge in [-0.2, -0.15) is 0 Å². The maximum Gasteiger partial charge on any atom is 0.305 e. The molecule has 0 aliphatic carbocycles. The SMILES string of the molecule is CCOC(=O)CCCCCN(C)CC/C=C1/c2ccccc2COc2ccccc21. The number of hydrogen-bond acceptors (Lipinski definition) is 4. The predicted molar refractivity (Wildman–Crippen MR) is 122 cm³/mol. The van der Waals surface area contributed by atoms with E-state index in [4.69, 9.17) is 9.47 Å². The van der Waals surface area contributed by atoms with E-state index in [1.807, 2.05) is 13.0 Å². The summed E-state index contributed by atoms with van der Waals surface area (Å²) in [5.74, 6) is 0.875. The van der Waals surface area contributed by atoms with Gasteiger partial charge in [-0.25, -0.2) is 0 Å². The molecule has 2 aromatic rings. The number of rotatable bonds is 10. The summed E-state index contributed by atoms with van der Waals surface area (Å²) in [5, 5.41) is 0. The smallest absolute Gasteiger partial charge is 0.305 e. The molecule has 4 heteroatoms. The van der Waals surface area contributed by atoms with Crippen molar-refractivity contribution in [3.8, 4) is 5.75 Å². The summed E-state index contributed by atoms with van der Waals surface area (Å²) >= 11 is 0. The summed E-state index contributed by atoms with van der Waals surface area (Å²) in [4.78, 5) is 13.8. The zero-order chi connectivity index (χ0) is 21.2. The molecule has 0 unspecified atom stereocenters. The average molecular weight is 408 g/mol. The molecule has 30 heavy (non-hydrogen) atoms. The molecule has 0 atom stereocenters. The van der Waals surface area contributed by atoms with Crippen molar-refractivity contribution in [2.24, 2.45) is 0 Å². The van der Waals surface area contributed by atoms with Crippen molar-refractivity contribution in [3.05, 3.63) is 71.3 Å². The van der Waals surface area contributed by atoms with Gasteiger partial charge in [-0.05, 0) is 62.5 Å². The molecule has 1 aliphatic rings. The molecule has 0 amide bonds. The summed E-state index contributed by atoms with van der Waals surface area (Å²) in [6.45, 7) is 4.98. The number of benzene rings is 2. The largest absolute Gasteiger partial charge is 0.488 e. The number of carbonyl (C=O) groups excluding carboxylic acids is 1. The Bertz CT molecular complexity index is 809. The van der Waals surface area contributed by atoms with Gasteiger partial charge in [0.25, 0.3) is 0 Å². The maximum absolute atomic E-state index is 11.4. The highest BCUT2D eigenvalue weighted by molar-refractivity contribution is 5.84. The van der Waals surface area contributed by atoms with E-state index < -0.39 is 0 Å². The third kappa shape index (κ3) is 6.20. The zero-order valence-corrected chi connectivity index (χ0v) is 18.2. The second kappa shape index (κ2) is 11.6. The zero-order valence-electron chi connectivity index (χ0n) is 18.2. The highest BCUT2D eigenvalue weighted by Gasteiger charge is 2.18. The lowest BCUT2D eigenvalue weighted by atomic mass is 9.93. The van der Waals surface area contributed by atoms with Gasteiger partial charge in [-0.15, -0.1) is 0 Å². The number of carbonyl (C=O) groups is 1. The van der Waals surface area contributed by atoms with E-state index in [1.165, 1.54) is 22.3 Å². The minimum atomic E-state index is -0.0783. The molecule has 4 nitrogen and oxygen atoms in total. The number of fused-ring (bicyclic) bond motifs is 2. The molecule has 0 saturated carbocycles. The van der Waals surface area contributed by atoms with Crippen molar-refractivity contribution in [2.45, 2.75) is 45.6 Å². The lowest BCUT2D eigenvalue weighted by Gasteiger charge is -2.16. The number of esters is 1. The van der Waals surface area contributed by atoms with Gasteiger partial charge in [0.2, 0.25) is 0 Å². The van der Waals surface area contributed by atoms with Gasteiger partial charge in [0.05, 0.1) is 6.61 Å². The van der Waals surface area contributed by atoms with Crippen LogP contribution in [0.25, 0.3) is 5.57 Å². The number of para-hydroxylation sites is 1. The number of ether oxygens (including phenoxy) is 2. The van der Waals surface area contributed by atoms with Crippen LogP contribution >= 0.6 is 0 Å². The fraction of sp³-hybridized carbons (Fsp3) is 0.423. The van der Waals surface area contributed by atoms with Crippen LogP contribution in [0.5, 0.6) is 5.75 Å². The van der Waals surface area contributed by atoms with E-state index in [0.717, 1.165) is 44.5 Å². The van der Waals surface area contributed by atoms with Gasteiger partial charge in [-0.1, -0.05) is 55.0 Å². The second-order valence-corrected chi connectivity index (χ2v) is 7.77. The molecule has 0 bridgehead atoms. The van der Waals surface area contributed by atoms with E-state index in [1.54, 1.807) is 0 Å². The summed E-state index contributed by atoms with van der Waals surface area (Å²) in [6, 6.07) is 16.8. The molecular formula is C26H33NO3. The normalized spacial score (nSPS) is 14.0. The molecule has 160 valence electrons. The maximum atomic E-state index is 11.4. The van der Waals surface area contributed by atoms with E-state index in [0.29, 0.717) is 19.6 Å². The minimum Gasteiger partial charge on any atom is -0.488 e. The summed E-state index contributed by atoms with van der Waals surface area (Å²) in [5.41, 5.74) is 4.93. The third-order valence-electron chi connectivity index (χ3n) is 5.45. The van der Waals surface area contributed by atoms with E-state index >= 15 is 0 Å². The molecule has 1 heterocycles. The fourth-order valence-electron chi connectivity index (χ4n) is 3.85. The van der Waals surface area contributed by atoms with E-state index in [-0.39, 0.29) is 5.97 Å². The summed E-state index contributed by atoms with van der Waals surface area (Å²) in [6.07, 6.45) is 6.93. The lowest BCUT2D eigenvalue weighted by Crippen LogP contribution is -2.20. The quantitative estimate of drug-likeness (QED) is 0.387. The van der Waals surface area contributed by atoms with Crippen molar-refractivity contribution < 1.29 is 14.3 Å². The van der Waals surface area contributed by atoms with Crippen LogP contribution in [0.1, 0.15) is 55.7 Å². The van der Waals surface area contributed by atoms with Crippen LogP contribution in [0.3, 0.4) is 0 Å². The van der Waals surface area contributed by atoms with Crippen LogP contribution in [-0.4, -0.2) is 37.6 Å². The number of unbranched alkanes of at least 4 members (excludes halogenated alkanes) is 2. The van der Waals surface area contributed by atoms with Crippen LogP contribution in [0.2, 0.25) is 0 Å². The summed E-state index contributed by atoms with van der Waals surface area (Å²) < 4.78 is 11.0. The number of hydrogen-bond donors (Lipinski definition) is 0. The van der Waals surface area contributed by atoms with Crippen molar-refractivity contribution in [3.63, 3.8) is 0 Å². The monoisotopic (exact) mass is 407 g/mol. The van der Waals surface area contributed by atoms with Crippen molar-refractivity contribution in [1.82, 2.24) is 4.90 Å². The van der Waals surface area contributed by atoms with Crippen LogP contribution in [-0.2, 0) is 16.1 Å². The molecule has 1 aliphatic heterocycles. The Kier molecular flexibility index (Phi) is 8.52. The average Bonchev–Trinajstić information content (AvgIpc) is 2.91. The van der Waals surface area contributed by atoms with Crippen molar-refractivity contribution >= 4 is 11.5 Å². The van der Waals surface area contributed by atoms with Gasteiger partial charge < -0.3 is 14.4 Å². The first-order valence-electron chi connectivity index (χ1n) is 11.0. The fourth-order valence-corrected chi connectivity index (χ4v) is 3.85. The topological polar surface area (TPSA) is 38.8 Å². The van der Waals surface area contributed by atoms with Crippen LogP contribution in [0, 0.1) is 0 Å². The van der Waals surface area contributed by atoms with E-state index in [9.17, 15) is 4.79 Å². The number of nitrogens with zero attached hydrogens (tertiary/aromatic N) is 1. The molecule has 0 fully saturated rings. The molecule has 2 aromatic carbocycles. The highest BCUT2D eigenvalue weighted by Crippen LogP contribution is 2.36. The highest BCUT2D eigenvalue weighted by atomic mass is 16.5. The van der Waals surface area contributed by atoms with Crippen LogP contribution in [0.15, 0.2) is 54.6 Å². The third-order valence-corrected chi connectivity index (χ3v) is 5.45. The Morgan fingerprint density at radius 3 is 2.63 bits per heavy atom. The van der Waals surface area contributed by atoms with Crippen LogP contribution < -0.4 is 4.74 Å². The molecule has 0 saturated heterocycles. The summed E-state index contributed by atoms with van der Waals surface area (Å²) in [7, 11) is 2.17. The predicted octanol–water partition coefficient (Wildman–Crippen LogP) is 5.46. The van der Waals surface area contributed by atoms with Crippen molar-refractivity contribution in [1.29, 1.82) is 0 Å². The van der Waals surface area contributed by atoms with Gasteiger partial charge in [0.15, 0.2) is 0 Å². The molecule has 0 N–H and O–H groups in total. The Balaban J connectivity index is 1.54. The Morgan fingerprint density at radius 2 is 1.80 bits per heavy atom. The van der Waals surface area contributed by atoms with Crippen molar-refractivity contribution in [2.75, 3.05) is 26.7 Å². The molecular weight excluding hydrogens is 374 g/mol. The lowest BCUT2D eigenvalue weighted by molar-refractivity contribution is -0.143. The van der Waals surface area contributed by atoms with Gasteiger partial charge in [0, 0.05) is 18.5 Å². The van der Waals surface area contributed by atoms with Gasteiger partial charge >= 0.3 is 5.97 Å². The Hall–Kier alpha value is -2.59.